The second-order valence-electron chi connectivity index (χ2n) is 9.96. The minimum Gasteiger partial charge on any atom is -0.457 e. The van der Waals surface area contributed by atoms with Gasteiger partial charge in [0.15, 0.2) is 0 Å². The van der Waals surface area contributed by atoms with Crippen molar-refractivity contribution in [1.82, 2.24) is 9.88 Å². The Morgan fingerprint density at radius 1 is 1.03 bits per heavy atom. The number of nitrogens with zero attached hydrogens (tertiary/aromatic N) is 2. The zero-order valence-corrected chi connectivity index (χ0v) is 20.7. The summed E-state index contributed by atoms with van der Waals surface area (Å²) in [7, 11) is 0. The maximum absolute atomic E-state index is 6.24. The first-order valence-electron chi connectivity index (χ1n) is 12.8. The lowest BCUT2D eigenvalue weighted by atomic mass is 10.1. The Morgan fingerprint density at radius 2 is 1.82 bits per heavy atom. The van der Waals surface area contributed by atoms with Gasteiger partial charge in [-0.15, -0.1) is 11.8 Å². The largest absolute Gasteiger partial charge is 0.457 e. The molecule has 0 amide bonds. The van der Waals surface area contributed by atoms with Gasteiger partial charge in [0.25, 0.3) is 0 Å². The number of benzene rings is 2. The Labute approximate surface area is 206 Å². The van der Waals surface area contributed by atoms with E-state index in [0.29, 0.717) is 18.1 Å². The molecule has 1 saturated carbocycles. The average molecular weight is 475 g/mol. The number of anilines is 1. The third-order valence-corrected chi connectivity index (χ3v) is 8.68. The fraction of sp³-hybridized carbons (Fsp3) is 0.464. The zero-order valence-electron chi connectivity index (χ0n) is 19.9. The van der Waals surface area contributed by atoms with E-state index in [4.69, 9.17) is 9.73 Å². The molecule has 3 aromatic rings. The van der Waals surface area contributed by atoms with Crippen LogP contribution in [0.4, 0.5) is 5.69 Å². The number of nitrogens with one attached hydrogen (secondary N) is 2. The Hall–Kier alpha value is -2.44. The first kappa shape index (κ1) is 22.1. The fourth-order valence-electron chi connectivity index (χ4n) is 5.60. The third kappa shape index (κ3) is 4.58. The molecule has 0 radical (unpaired) electrons. The number of hydrogen-bond acceptors (Lipinski definition) is 5. The van der Waals surface area contributed by atoms with Crippen LogP contribution in [0.25, 0.3) is 10.9 Å². The molecular formula is C28H34N4OS. The highest BCUT2D eigenvalue weighted by Crippen LogP contribution is 2.36. The molecule has 34 heavy (non-hydrogen) atoms. The van der Waals surface area contributed by atoms with Crippen LogP contribution in [0, 0.1) is 0 Å². The predicted octanol–water partition coefficient (Wildman–Crippen LogP) is 6.66. The Balaban J connectivity index is 1.31. The van der Waals surface area contributed by atoms with Gasteiger partial charge >= 0.3 is 0 Å². The van der Waals surface area contributed by atoms with Crippen LogP contribution < -0.4 is 10.1 Å². The van der Waals surface area contributed by atoms with Crippen molar-refractivity contribution in [3.63, 3.8) is 0 Å². The van der Waals surface area contributed by atoms with Crippen molar-refractivity contribution in [2.75, 3.05) is 24.2 Å². The van der Waals surface area contributed by atoms with Crippen molar-refractivity contribution in [3.8, 4) is 11.5 Å². The second-order valence-corrected chi connectivity index (χ2v) is 11.0. The molecule has 3 aliphatic rings. The average Bonchev–Trinajstić information content (AvgIpc) is 3.66. The number of thioether (sulfide) groups is 1. The number of fused-ring (bicyclic) bond motifs is 1. The molecule has 1 unspecified atom stereocenters. The van der Waals surface area contributed by atoms with E-state index in [1.165, 1.54) is 57.0 Å². The number of aromatic amines is 1. The van der Waals surface area contributed by atoms with Gasteiger partial charge in [-0.1, -0.05) is 31.0 Å². The standard InChI is InChI=1S/C28H34N4OS/c1-19(32-13-7-8-14-32)26-18-34-28(31-26)25-16-20-15-23(33-22-11-3-2-4-12-22)17-24(27(20)30-25)29-21-9-5-6-10-21/h2-4,11-12,15-17,19,21,26,29-30H,5-10,13-14,18H2,1H3/t19?,26-/m0/s1. The Bertz CT molecular complexity index is 1160. The van der Waals surface area contributed by atoms with Gasteiger partial charge in [-0.25, -0.2) is 0 Å². The molecule has 2 N–H and O–H groups in total. The van der Waals surface area contributed by atoms with Crippen LogP contribution in [0.2, 0.25) is 0 Å². The number of aromatic nitrogens is 1. The molecule has 2 aliphatic heterocycles. The van der Waals surface area contributed by atoms with Gasteiger partial charge in [0, 0.05) is 29.3 Å². The van der Waals surface area contributed by atoms with Gasteiger partial charge in [-0.05, 0) is 70.0 Å². The molecule has 1 aliphatic carbocycles. The van der Waals surface area contributed by atoms with E-state index in [1.54, 1.807) is 0 Å². The minimum absolute atomic E-state index is 0.373. The van der Waals surface area contributed by atoms with Crippen LogP contribution in [-0.4, -0.2) is 51.9 Å². The van der Waals surface area contributed by atoms with Gasteiger partial charge < -0.3 is 15.0 Å². The van der Waals surface area contributed by atoms with E-state index < -0.39 is 0 Å². The van der Waals surface area contributed by atoms with Crippen molar-refractivity contribution < 1.29 is 4.74 Å². The Morgan fingerprint density at radius 3 is 2.62 bits per heavy atom. The van der Waals surface area contributed by atoms with Crippen LogP contribution in [-0.2, 0) is 0 Å². The molecule has 0 spiro atoms. The number of rotatable bonds is 7. The van der Waals surface area contributed by atoms with Crippen molar-refractivity contribution in [2.24, 2.45) is 4.99 Å². The third-order valence-electron chi connectivity index (χ3n) is 7.57. The number of H-pyrrole nitrogens is 1. The molecule has 178 valence electrons. The quantitative estimate of drug-likeness (QED) is 0.402. The summed E-state index contributed by atoms with van der Waals surface area (Å²) in [6, 6.07) is 18.0. The van der Waals surface area contributed by atoms with Crippen molar-refractivity contribution in [2.45, 2.75) is 63.6 Å². The van der Waals surface area contributed by atoms with Crippen LogP contribution in [0.5, 0.6) is 11.5 Å². The predicted molar refractivity (Wildman–Crippen MR) is 144 cm³/mol. The zero-order chi connectivity index (χ0) is 22.9. The molecule has 6 heteroatoms. The van der Waals surface area contributed by atoms with E-state index in [0.717, 1.165) is 39.2 Å². The van der Waals surface area contributed by atoms with Crippen molar-refractivity contribution in [3.05, 3.63) is 54.2 Å². The number of ether oxygens (including phenoxy) is 1. The highest BCUT2D eigenvalue weighted by atomic mass is 32.2. The van der Waals surface area contributed by atoms with Crippen LogP contribution in [0.1, 0.15) is 51.1 Å². The van der Waals surface area contributed by atoms with Crippen LogP contribution >= 0.6 is 11.8 Å². The summed E-state index contributed by atoms with van der Waals surface area (Å²) in [6.07, 6.45) is 7.73. The monoisotopic (exact) mass is 474 g/mol. The van der Waals surface area contributed by atoms with E-state index >= 15 is 0 Å². The summed E-state index contributed by atoms with van der Waals surface area (Å²) in [5.74, 6) is 2.79. The molecule has 5 nitrogen and oxygen atoms in total. The summed E-state index contributed by atoms with van der Waals surface area (Å²) < 4.78 is 6.24. The number of aliphatic imine (C=N–C) groups is 1. The lowest BCUT2D eigenvalue weighted by Crippen LogP contribution is -2.39. The first-order chi connectivity index (χ1) is 16.7. The van der Waals surface area contributed by atoms with E-state index in [9.17, 15) is 0 Å². The lowest BCUT2D eigenvalue weighted by molar-refractivity contribution is 0.237. The normalized spacial score (nSPS) is 22.4. The van der Waals surface area contributed by atoms with Crippen molar-refractivity contribution in [1.29, 1.82) is 0 Å². The number of para-hydroxylation sites is 1. The van der Waals surface area contributed by atoms with Gasteiger partial charge in [0.1, 0.15) is 16.5 Å². The molecule has 0 bridgehead atoms. The molecule has 2 fully saturated rings. The molecule has 1 saturated heterocycles. The molecular weight excluding hydrogens is 440 g/mol. The summed E-state index contributed by atoms with van der Waals surface area (Å²) >= 11 is 1.89. The summed E-state index contributed by atoms with van der Waals surface area (Å²) in [5.41, 5.74) is 3.41. The summed E-state index contributed by atoms with van der Waals surface area (Å²) in [6.45, 7) is 4.80. The van der Waals surface area contributed by atoms with E-state index in [1.807, 2.05) is 42.1 Å². The van der Waals surface area contributed by atoms with E-state index in [-0.39, 0.29) is 0 Å². The van der Waals surface area contributed by atoms with Crippen molar-refractivity contribution >= 4 is 33.4 Å². The number of likely N-dealkylation sites (tertiary alicyclic amines) is 1. The SMILES string of the molecule is CC([C@@H]1CSC(c2cc3cc(Oc4ccccc4)cc(NC4CCCC4)c3[nH]2)=N1)N1CCCC1. The highest BCUT2D eigenvalue weighted by molar-refractivity contribution is 8.14. The lowest BCUT2D eigenvalue weighted by Gasteiger charge is -2.26. The van der Waals surface area contributed by atoms with Gasteiger partial charge in [-0.3, -0.25) is 9.89 Å². The molecule has 2 aromatic carbocycles. The topological polar surface area (TPSA) is 52.6 Å². The summed E-state index contributed by atoms with van der Waals surface area (Å²) in [4.78, 5) is 11.5. The molecule has 6 rings (SSSR count). The molecule has 1 aromatic heterocycles. The van der Waals surface area contributed by atoms with Gasteiger partial charge in [-0.2, -0.15) is 0 Å². The molecule has 2 atom stereocenters. The minimum atomic E-state index is 0.373. The molecule has 3 heterocycles. The van der Waals surface area contributed by atoms with Gasteiger partial charge in [0.2, 0.25) is 0 Å². The maximum Gasteiger partial charge on any atom is 0.130 e. The summed E-state index contributed by atoms with van der Waals surface area (Å²) in [5, 5.41) is 6.13. The van der Waals surface area contributed by atoms with E-state index in [2.05, 4.69) is 40.3 Å². The van der Waals surface area contributed by atoms with Crippen LogP contribution in [0.3, 0.4) is 0 Å². The second kappa shape index (κ2) is 9.67. The first-order valence-corrected chi connectivity index (χ1v) is 13.8. The highest BCUT2D eigenvalue weighted by Gasteiger charge is 2.30. The smallest absolute Gasteiger partial charge is 0.130 e. The maximum atomic E-state index is 6.24. The van der Waals surface area contributed by atoms with Gasteiger partial charge in [0.05, 0.1) is 22.9 Å². The fourth-order valence-corrected chi connectivity index (χ4v) is 6.75. The number of hydrogen-bond donors (Lipinski definition) is 2. The van der Waals surface area contributed by atoms with Crippen LogP contribution in [0.15, 0.2) is 53.5 Å². The Kier molecular flexibility index (Phi) is 6.27.